The maximum atomic E-state index is 10.4. The Morgan fingerprint density at radius 2 is 2.38 bits per heavy atom. The van der Waals surface area contributed by atoms with Gasteiger partial charge in [-0.3, -0.25) is 9.79 Å². The average Bonchev–Trinajstić information content (AvgIpc) is 2.16. The number of hydrogen-bond acceptors (Lipinski definition) is 4. The molecule has 4 heteroatoms. The summed E-state index contributed by atoms with van der Waals surface area (Å²) in [5.41, 5.74) is 5.82. The number of nitrogens with two attached hydrogens (primary N) is 1. The summed E-state index contributed by atoms with van der Waals surface area (Å²) in [7, 11) is 0. The summed E-state index contributed by atoms with van der Waals surface area (Å²) in [6.45, 7) is 2.66. The summed E-state index contributed by atoms with van der Waals surface area (Å²) < 4.78 is 0. The van der Waals surface area contributed by atoms with E-state index in [2.05, 4.69) is 4.99 Å². The fraction of sp³-hybridized carbons (Fsp3) is 0.556. The van der Waals surface area contributed by atoms with Gasteiger partial charge in [-0.2, -0.15) is 11.8 Å². The third kappa shape index (κ3) is 7.74. The van der Waals surface area contributed by atoms with Crippen LogP contribution in [0.15, 0.2) is 16.8 Å². The lowest BCUT2D eigenvalue weighted by atomic mass is 10.4. The molecule has 0 aromatic heterocycles. The van der Waals surface area contributed by atoms with Crippen molar-refractivity contribution in [3.8, 4) is 0 Å². The van der Waals surface area contributed by atoms with Gasteiger partial charge in [0.25, 0.3) is 0 Å². The molecule has 0 atom stereocenters. The Bertz CT molecular complexity index is 190. The molecule has 0 aliphatic rings. The quantitative estimate of drug-likeness (QED) is 0.291. The molecular formula is C9H16N2OS. The highest BCUT2D eigenvalue weighted by atomic mass is 32.2. The minimum atomic E-state index is 0.510. The number of allylic oxidation sites excluding steroid dienone is 2. The minimum absolute atomic E-state index is 0.510. The third-order valence-corrected chi connectivity index (χ3v) is 2.14. The summed E-state index contributed by atoms with van der Waals surface area (Å²) >= 11 is 1.71. The number of nitrogens with zero attached hydrogens (tertiary/aromatic N) is 1. The second-order valence-electron chi connectivity index (χ2n) is 2.33. The van der Waals surface area contributed by atoms with Crippen molar-refractivity contribution in [2.24, 2.45) is 10.7 Å². The van der Waals surface area contributed by atoms with Crippen LogP contribution in [0.5, 0.6) is 0 Å². The normalized spacial score (nSPS) is 12.3. The van der Waals surface area contributed by atoms with Crippen LogP contribution in [-0.2, 0) is 4.79 Å². The molecule has 0 saturated heterocycles. The Balaban J connectivity index is 3.67. The Morgan fingerprint density at radius 1 is 1.62 bits per heavy atom. The van der Waals surface area contributed by atoms with Crippen LogP contribution in [0.3, 0.4) is 0 Å². The molecule has 2 N–H and O–H groups in total. The zero-order valence-electron chi connectivity index (χ0n) is 7.90. The van der Waals surface area contributed by atoms with Gasteiger partial charge < -0.3 is 5.73 Å². The molecule has 0 aliphatic heterocycles. The van der Waals surface area contributed by atoms with Crippen molar-refractivity contribution >= 4 is 24.3 Å². The van der Waals surface area contributed by atoms with Gasteiger partial charge in [0.15, 0.2) is 6.29 Å². The molecule has 0 amide bonds. The summed E-state index contributed by atoms with van der Waals surface area (Å²) in [5, 5.41) is 0. The predicted octanol–water partition coefficient (Wildman–Crippen LogP) is 1.24. The molecule has 74 valence electrons. The predicted molar refractivity (Wildman–Crippen MR) is 59.3 cm³/mol. The first-order valence-electron chi connectivity index (χ1n) is 4.30. The lowest BCUT2D eigenvalue weighted by Crippen LogP contribution is -2.01. The number of rotatable bonds is 7. The van der Waals surface area contributed by atoms with Crippen LogP contribution in [0.1, 0.15) is 13.3 Å². The van der Waals surface area contributed by atoms with E-state index in [1.807, 2.05) is 6.92 Å². The topological polar surface area (TPSA) is 55.5 Å². The Morgan fingerprint density at radius 3 is 2.92 bits per heavy atom. The lowest BCUT2D eigenvalue weighted by molar-refractivity contribution is -0.104. The smallest absolute Gasteiger partial charge is 0.168 e. The van der Waals surface area contributed by atoms with E-state index in [9.17, 15) is 4.79 Å². The molecule has 3 nitrogen and oxygen atoms in total. The van der Waals surface area contributed by atoms with Gasteiger partial charge >= 0.3 is 0 Å². The number of carbonyl (C=O) groups excluding carboxylic acids is 1. The van der Waals surface area contributed by atoms with E-state index in [0.29, 0.717) is 12.2 Å². The molecule has 0 aromatic carbocycles. The van der Waals surface area contributed by atoms with E-state index >= 15 is 0 Å². The molecule has 0 heterocycles. The van der Waals surface area contributed by atoms with Crippen molar-refractivity contribution in [3.63, 3.8) is 0 Å². The van der Waals surface area contributed by atoms with Gasteiger partial charge in [-0.05, 0) is 6.42 Å². The molecule has 0 fully saturated rings. The third-order valence-electron chi connectivity index (χ3n) is 1.23. The Hall–Kier alpha value is -0.610. The minimum Gasteiger partial charge on any atom is -0.330 e. The summed E-state index contributed by atoms with van der Waals surface area (Å²) in [5.74, 6) is 1.74. The molecule has 0 rings (SSSR count). The zero-order chi connectivity index (χ0) is 9.94. The fourth-order valence-corrected chi connectivity index (χ4v) is 1.22. The molecule has 13 heavy (non-hydrogen) atoms. The highest BCUT2D eigenvalue weighted by Crippen LogP contribution is 1.97. The van der Waals surface area contributed by atoms with Gasteiger partial charge in [-0.1, -0.05) is 13.0 Å². The lowest BCUT2D eigenvalue weighted by Gasteiger charge is -1.92. The van der Waals surface area contributed by atoms with Gasteiger partial charge in [-0.25, -0.2) is 0 Å². The van der Waals surface area contributed by atoms with Crippen molar-refractivity contribution in [1.29, 1.82) is 0 Å². The maximum Gasteiger partial charge on any atom is 0.168 e. The van der Waals surface area contributed by atoms with E-state index in [0.717, 1.165) is 24.2 Å². The number of carbonyl (C=O) groups is 1. The van der Waals surface area contributed by atoms with E-state index < -0.39 is 0 Å². The summed E-state index contributed by atoms with van der Waals surface area (Å²) in [6.07, 6.45) is 5.16. The van der Waals surface area contributed by atoms with Gasteiger partial charge in [0.1, 0.15) is 0 Å². The van der Waals surface area contributed by atoms with E-state index in [4.69, 9.17) is 5.73 Å². The molecule has 0 aliphatic carbocycles. The molecule has 0 saturated carbocycles. The molecule has 0 bridgehead atoms. The van der Waals surface area contributed by atoms with E-state index in [1.165, 1.54) is 0 Å². The monoisotopic (exact) mass is 200 g/mol. The Kier molecular flexibility index (Phi) is 9.03. The average molecular weight is 200 g/mol. The van der Waals surface area contributed by atoms with Crippen LogP contribution < -0.4 is 5.73 Å². The van der Waals surface area contributed by atoms with Crippen LogP contribution in [0.2, 0.25) is 0 Å². The second-order valence-corrected chi connectivity index (χ2v) is 3.48. The first kappa shape index (κ1) is 12.4. The standard InChI is InChI=1S/C9H16N2OS/c1-2-3-9(8-12)11-5-7-13-6-4-10/h3,5,8H,2,4,6-7,10H2,1H3/b9-3-,11-5?. The fourth-order valence-electron chi connectivity index (χ4n) is 0.702. The van der Waals surface area contributed by atoms with Gasteiger partial charge in [0.2, 0.25) is 0 Å². The van der Waals surface area contributed by atoms with Gasteiger partial charge in [0.05, 0.1) is 5.70 Å². The largest absolute Gasteiger partial charge is 0.330 e. The first-order chi connectivity index (χ1) is 6.35. The van der Waals surface area contributed by atoms with Crippen molar-refractivity contribution in [1.82, 2.24) is 0 Å². The number of hydrogen-bond donors (Lipinski definition) is 1. The van der Waals surface area contributed by atoms with Crippen molar-refractivity contribution < 1.29 is 4.79 Å². The zero-order valence-corrected chi connectivity index (χ0v) is 8.72. The number of aliphatic imine (C=N–C) groups is 1. The highest BCUT2D eigenvalue weighted by molar-refractivity contribution is 7.99. The molecular weight excluding hydrogens is 184 g/mol. The van der Waals surface area contributed by atoms with Crippen LogP contribution in [0.4, 0.5) is 0 Å². The Labute approximate surface area is 83.5 Å². The van der Waals surface area contributed by atoms with Gasteiger partial charge in [0, 0.05) is 24.3 Å². The van der Waals surface area contributed by atoms with E-state index in [-0.39, 0.29) is 0 Å². The van der Waals surface area contributed by atoms with Crippen LogP contribution in [-0.4, -0.2) is 30.6 Å². The van der Waals surface area contributed by atoms with Crippen LogP contribution in [0, 0.1) is 0 Å². The first-order valence-corrected chi connectivity index (χ1v) is 5.46. The van der Waals surface area contributed by atoms with Crippen molar-refractivity contribution in [2.75, 3.05) is 18.1 Å². The van der Waals surface area contributed by atoms with Crippen molar-refractivity contribution in [3.05, 3.63) is 11.8 Å². The molecule has 0 radical (unpaired) electrons. The maximum absolute atomic E-state index is 10.4. The molecule has 0 unspecified atom stereocenters. The number of thioether (sulfide) groups is 1. The van der Waals surface area contributed by atoms with Crippen LogP contribution in [0.25, 0.3) is 0 Å². The van der Waals surface area contributed by atoms with Gasteiger partial charge in [-0.15, -0.1) is 0 Å². The SMILES string of the molecule is CC/C=C(/C=O)N=CCSCCN. The van der Waals surface area contributed by atoms with E-state index in [1.54, 1.807) is 24.1 Å². The molecule has 0 spiro atoms. The summed E-state index contributed by atoms with van der Waals surface area (Å²) in [4.78, 5) is 14.4. The highest BCUT2D eigenvalue weighted by Gasteiger charge is 1.87. The van der Waals surface area contributed by atoms with Crippen molar-refractivity contribution in [2.45, 2.75) is 13.3 Å². The summed E-state index contributed by atoms with van der Waals surface area (Å²) in [6, 6.07) is 0. The van der Waals surface area contributed by atoms with Crippen LogP contribution >= 0.6 is 11.8 Å². The molecule has 0 aromatic rings. The number of aldehydes is 1. The second kappa shape index (κ2) is 9.48.